The number of alkyl halides is 1. The highest BCUT2D eigenvalue weighted by molar-refractivity contribution is 6.27. The van der Waals surface area contributed by atoms with Gasteiger partial charge >= 0.3 is 0 Å². The average molecular weight is 421 g/mol. The van der Waals surface area contributed by atoms with E-state index in [1.165, 1.54) is 12.0 Å². The molecule has 0 spiro atoms. The van der Waals surface area contributed by atoms with Crippen LogP contribution in [-0.4, -0.2) is 59.2 Å². The van der Waals surface area contributed by atoms with E-state index in [0.29, 0.717) is 19.0 Å². The Morgan fingerprint density at radius 3 is 2.45 bits per heavy atom. The van der Waals surface area contributed by atoms with E-state index in [-0.39, 0.29) is 29.7 Å². The molecule has 0 saturated carbocycles. The van der Waals surface area contributed by atoms with E-state index >= 15 is 0 Å². The number of ether oxygens (including phenoxy) is 1. The fraction of sp³-hybridized carbons (Fsp3) is 0.476. The first-order valence-electron chi connectivity index (χ1n) is 9.46. The van der Waals surface area contributed by atoms with Gasteiger partial charge < -0.3 is 15.0 Å². The molecule has 0 bridgehead atoms. The van der Waals surface area contributed by atoms with Crippen molar-refractivity contribution in [3.63, 3.8) is 0 Å². The van der Waals surface area contributed by atoms with Crippen molar-refractivity contribution < 1.29 is 14.3 Å². The third-order valence-electron chi connectivity index (χ3n) is 4.39. The number of rotatable bonds is 8. The van der Waals surface area contributed by atoms with Crippen molar-refractivity contribution in [3.05, 3.63) is 41.6 Å². The van der Waals surface area contributed by atoms with E-state index in [1.54, 1.807) is 4.68 Å². The summed E-state index contributed by atoms with van der Waals surface area (Å²) < 4.78 is 6.72. The summed E-state index contributed by atoms with van der Waals surface area (Å²) in [5.74, 6) is -0.282. The van der Waals surface area contributed by atoms with Gasteiger partial charge in [-0.05, 0) is 19.1 Å². The lowest BCUT2D eigenvalue weighted by molar-refractivity contribution is -0.133. The Kier molecular flexibility index (Phi) is 7.81. The molecule has 1 N–H and O–H groups in total. The van der Waals surface area contributed by atoms with Crippen LogP contribution < -0.4 is 5.32 Å². The zero-order valence-corrected chi connectivity index (χ0v) is 18.4. The SMILES string of the molecule is COCCN(CC(=O)Nc1cc(C(C)(C)C)nn1-c1ccc(C)cc1)C(=O)CCl. The van der Waals surface area contributed by atoms with Crippen LogP contribution >= 0.6 is 11.6 Å². The van der Waals surface area contributed by atoms with Crippen LogP contribution in [0.1, 0.15) is 32.0 Å². The van der Waals surface area contributed by atoms with Crippen LogP contribution in [0.15, 0.2) is 30.3 Å². The highest BCUT2D eigenvalue weighted by Gasteiger charge is 2.23. The van der Waals surface area contributed by atoms with E-state index in [0.717, 1.165) is 16.9 Å². The molecule has 0 atom stereocenters. The number of carbonyl (C=O) groups is 2. The number of methoxy groups -OCH3 is 1. The molecular weight excluding hydrogens is 392 g/mol. The van der Waals surface area contributed by atoms with Crippen LogP contribution in [0.4, 0.5) is 5.82 Å². The van der Waals surface area contributed by atoms with Crippen molar-refractivity contribution in [3.8, 4) is 5.69 Å². The van der Waals surface area contributed by atoms with E-state index in [9.17, 15) is 9.59 Å². The smallest absolute Gasteiger partial charge is 0.245 e. The van der Waals surface area contributed by atoms with Crippen LogP contribution in [0.5, 0.6) is 0 Å². The van der Waals surface area contributed by atoms with Gasteiger partial charge in [-0.25, -0.2) is 4.68 Å². The summed E-state index contributed by atoms with van der Waals surface area (Å²) in [6.07, 6.45) is 0. The van der Waals surface area contributed by atoms with Gasteiger partial charge in [0.25, 0.3) is 0 Å². The van der Waals surface area contributed by atoms with Gasteiger partial charge in [-0.2, -0.15) is 5.10 Å². The van der Waals surface area contributed by atoms with Gasteiger partial charge in [0.2, 0.25) is 11.8 Å². The number of hydrogen-bond donors (Lipinski definition) is 1. The first-order chi connectivity index (χ1) is 13.7. The number of hydrogen-bond acceptors (Lipinski definition) is 4. The molecule has 0 aliphatic heterocycles. The molecule has 7 nitrogen and oxygen atoms in total. The van der Waals surface area contributed by atoms with Crippen molar-refractivity contribution in [2.24, 2.45) is 0 Å². The molecule has 8 heteroatoms. The van der Waals surface area contributed by atoms with Crippen LogP contribution in [0.25, 0.3) is 5.69 Å². The molecule has 0 fully saturated rings. The summed E-state index contributed by atoms with van der Waals surface area (Å²) in [6, 6.07) is 9.75. The number of anilines is 1. The second kappa shape index (κ2) is 9.89. The number of aromatic nitrogens is 2. The largest absolute Gasteiger partial charge is 0.383 e. The Morgan fingerprint density at radius 1 is 1.24 bits per heavy atom. The highest BCUT2D eigenvalue weighted by Crippen LogP contribution is 2.26. The van der Waals surface area contributed by atoms with E-state index in [1.807, 2.05) is 37.3 Å². The molecule has 0 aliphatic carbocycles. The number of halogens is 1. The topological polar surface area (TPSA) is 76.5 Å². The predicted molar refractivity (Wildman–Crippen MR) is 115 cm³/mol. The monoisotopic (exact) mass is 420 g/mol. The molecule has 0 aliphatic rings. The second-order valence-corrected chi connectivity index (χ2v) is 8.17. The summed E-state index contributed by atoms with van der Waals surface area (Å²) in [6.45, 7) is 8.70. The van der Waals surface area contributed by atoms with Gasteiger partial charge in [0.05, 0.1) is 18.0 Å². The van der Waals surface area contributed by atoms with Crippen LogP contribution in [-0.2, 0) is 19.7 Å². The van der Waals surface area contributed by atoms with Gasteiger partial charge in [-0.3, -0.25) is 9.59 Å². The first-order valence-corrected chi connectivity index (χ1v) is 9.99. The van der Waals surface area contributed by atoms with E-state index in [2.05, 4.69) is 26.1 Å². The summed E-state index contributed by atoms with van der Waals surface area (Å²) in [5, 5.41) is 7.58. The van der Waals surface area contributed by atoms with Crippen LogP contribution in [0.2, 0.25) is 0 Å². The predicted octanol–water partition coefficient (Wildman–Crippen LogP) is 3.13. The first kappa shape index (κ1) is 22.9. The van der Waals surface area contributed by atoms with Gasteiger partial charge in [0.15, 0.2) is 0 Å². The molecule has 2 amide bonds. The van der Waals surface area contributed by atoms with Crippen molar-refractivity contribution in [1.82, 2.24) is 14.7 Å². The number of nitrogens with one attached hydrogen (secondary N) is 1. The standard InChI is InChI=1S/C21H29ClN4O3/c1-15-6-8-16(9-7-15)26-18(12-17(24-26)21(2,3)4)23-19(27)14-25(10-11-29-5)20(28)13-22/h6-9,12H,10-11,13-14H2,1-5H3,(H,23,27). The molecule has 2 aromatic rings. The Morgan fingerprint density at radius 2 is 1.90 bits per heavy atom. The third-order valence-corrected chi connectivity index (χ3v) is 4.62. The number of benzene rings is 1. The normalized spacial score (nSPS) is 11.4. The van der Waals surface area contributed by atoms with Gasteiger partial charge in [-0.1, -0.05) is 38.5 Å². The zero-order chi connectivity index (χ0) is 21.6. The number of amides is 2. The van der Waals surface area contributed by atoms with Crippen LogP contribution in [0.3, 0.4) is 0 Å². The number of aryl methyl sites for hydroxylation is 1. The Bertz CT molecular complexity index is 841. The minimum atomic E-state index is -0.326. The Balaban J connectivity index is 2.27. The lowest BCUT2D eigenvalue weighted by atomic mass is 9.92. The maximum atomic E-state index is 12.7. The zero-order valence-electron chi connectivity index (χ0n) is 17.7. The summed E-state index contributed by atoms with van der Waals surface area (Å²) in [7, 11) is 1.54. The molecular formula is C21H29ClN4O3. The quantitative estimate of drug-likeness (QED) is 0.665. The second-order valence-electron chi connectivity index (χ2n) is 7.90. The molecule has 158 valence electrons. The molecule has 0 saturated heterocycles. The molecule has 2 rings (SSSR count). The summed E-state index contributed by atoms with van der Waals surface area (Å²) in [5.41, 5.74) is 2.64. The van der Waals surface area contributed by atoms with Gasteiger partial charge in [0.1, 0.15) is 18.2 Å². The van der Waals surface area contributed by atoms with E-state index < -0.39 is 0 Å². The number of carbonyl (C=O) groups excluding carboxylic acids is 2. The maximum Gasteiger partial charge on any atom is 0.245 e. The number of nitrogens with zero attached hydrogens (tertiary/aromatic N) is 3. The third kappa shape index (κ3) is 6.30. The van der Waals surface area contributed by atoms with Gasteiger partial charge in [-0.15, -0.1) is 11.6 Å². The minimum Gasteiger partial charge on any atom is -0.383 e. The molecule has 0 radical (unpaired) electrons. The lowest BCUT2D eigenvalue weighted by Gasteiger charge is -2.21. The highest BCUT2D eigenvalue weighted by atomic mass is 35.5. The molecule has 29 heavy (non-hydrogen) atoms. The van der Waals surface area contributed by atoms with Crippen LogP contribution in [0, 0.1) is 6.92 Å². The summed E-state index contributed by atoms with van der Waals surface area (Å²) in [4.78, 5) is 26.1. The summed E-state index contributed by atoms with van der Waals surface area (Å²) >= 11 is 5.66. The van der Waals surface area contributed by atoms with Crippen molar-refractivity contribution >= 4 is 29.2 Å². The molecule has 1 heterocycles. The van der Waals surface area contributed by atoms with Gasteiger partial charge in [0, 0.05) is 25.1 Å². The fourth-order valence-electron chi connectivity index (χ4n) is 2.65. The molecule has 1 aromatic heterocycles. The molecule has 0 unspecified atom stereocenters. The maximum absolute atomic E-state index is 12.7. The minimum absolute atomic E-state index is 0.112. The van der Waals surface area contributed by atoms with E-state index in [4.69, 9.17) is 21.4 Å². The van der Waals surface area contributed by atoms with Crippen molar-refractivity contribution in [1.29, 1.82) is 0 Å². The lowest BCUT2D eigenvalue weighted by Crippen LogP contribution is -2.40. The Hall–Kier alpha value is -2.38. The fourth-order valence-corrected chi connectivity index (χ4v) is 2.82. The Labute approximate surface area is 177 Å². The van der Waals surface area contributed by atoms with Crippen molar-refractivity contribution in [2.45, 2.75) is 33.1 Å². The van der Waals surface area contributed by atoms with Crippen molar-refractivity contribution in [2.75, 3.05) is 38.0 Å². The molecule has 1 aromatic carbocycles. The average Bonchev–Trinajstić information content (AvgIpc) is 3.09.